The fourth-order valence-corrected chi connectivity index (χ4v) is 3.14. The van der Waals surface area contributed by atoms with Crippen LogP contribution in [0.25, 0.3) is 0 Å². The van der Waals surface area contributed by atoms with Crippen molar-refractivity contribution < 1.29 is 95.6 Å². The molecular weight excluding hydrogens is 554 g/mol. The third kappa shape index (κ3) is 34.8. The van der Waals surface area contributed by atoms with E-state index in [-0.39, 0.29) is 72.9 Å². The molecule has 0 saturated heterocycles. The third-order valence-corrected chi connectivity index (χ3v) is 5.25. The average molecular weight is 589 g/mol. The molecule has 12 nitrogen and oxygen atoms in total. The Morgan fingerprint density at radius 1 is 0.895 bits per heavy atom. The molecule has 1 heterocycles. The minimum Gasteiger partial charge on any atom is -0.875 e. The standard InChI is InChI=1S/C7H12O4S.C6H8O3S.C4H6O2.C3H6O2S.CH3O.2Li/c1-10-6(8)3-4-12-5-7(9)11-2;1-9-6(8)4-2-10-3-5(4)7;1-3-4(5)6-2;1-5-3(4)2-6;1-2;;/h3-5H2,1-2H3;7H,2-3H2,1H3;3H,1H2,2H3;6H,2H2,1H3;1H3;;/q;;;;-1;2*+1/p-1. The first-order valence-corrected chi connectivity index (χ1v) is 12.6. The Kier molecular flexibility index (Phi) is 49.7. The molecule has 0 aliphatic carbocycles. The molecule has 0 amide bonds. The number of methoxy groups -OCH3 is 5. The summed E-state index contributed by atoms with van der Waals surface area (Å²) in [5.74, 6) is 0.180. The van der Waals surface area contributed by atoms with Gasteiger partial charge in [0.2, 0.25) is 0 Å². The molecule has 0 N–H and O–H groups in total. The van der Waals surface area contributed by atoms with E-state index in [1.807, 2.05) is 0 Å². The summed E-state index contributed by atoms with van der Waals surface area (Å²) in [6.07, 6.45) is 1.44. The van der Waals surface area contributed by atoms with Crippen molar-refractivity contribution in [1.82, 2.24) is 0 Å². The Morgan fingerprint density at radius 2 is 1.39 bits per heavy atom. The number of carbonyl (C=O) groups is 5. The van der Waals surface area contributed by atoms with Gasteiger partial charge in [-0.3, -0.25) is 14.4 Å². The molecule has 0 spiro atoms. The zero-order valence-corrected chi connectivity index (χ0v) is 25.7. The molecule has 0 radical (unpaired) electrons. The Morgan fingerprint density at radius 3 is 1.66 bits per heavy atom. The van der Waals surface area contributed by atoms with Crippen LogP contribution in [-0.4, -0.2) is 101 Å². The fourth-order valence-electron chi connectivity index (χ4n) is 1.33. The topological polar surface area (TPSA) is 178 Å². The molecule has 38 heavy (non-hydrogen) atoms. The maximum absolute atomic E-state index is 10.8. The van der Waals surface area contributed by atoms with E-state index in [0.717, 1.165) is 13.2 Å². The van der Waals surface area contributed by atoms with Gasteiger partial charge in [-0.25, -0.2) is 9.59 Å². The summed E-state index contributed by atoms with van der Waals surface area (Å²) < 4.78 is 21.5. The molecule has 0 fully saturated rings. The van der Waals surface area contributed by atoms with Gasteiger partial charge in [-0.05, 0) is 0 Å². The molecule has 1 rings (SSSR count). The molecule has 0 aromatic rings. The van der Waals surface area contributed by atoms with Gasteiger partial charge in [-0.15, -0.1) is 17.5 Å². The predicted molar refractivity (Wildman–Crippen MR) is 136 cm³/mol. The predicted octanol–water partition coefficient (Wildman–Crippen LogP) is -6.60. The van der Waals surface area contributed by atoms with Crippen molar-refractivity contribution in [3.05, 3.63) is 24.0 Å². The van der Waals surface area contributed by atoms with Gasteiger partial charge in [0, 0.05) is 28.9 Å². The van der Waals surface area contributed by atoms with E-state index in [2.05, 4.69) is 42.9 Å². The first-order chi connectivity index (χ1) is 17.1. The number of ether oxygens (including phenoxy) is 5. The normalized spacial score (nSPS) is 10.0. The van der Waals surface area contributed by atoms with E-state index in [1.54, 1.807) is 0 Å². The number of thiol groups is 1. The zero-order valence-electron chi connectivity index (χ0n) is 23.2. The van der Waals surface area contributed by atoms with Crippen LogP contribution < -0.4 is 47.9 Å². The Bertz CT molecular complexity index is 668. The second kappa shape index (κ2) is 38.0. The van der Waals surface area contributed by atoms with E-state index < -0.39 is 11.9 Å². The van der Waals surface area contributed by atoms with Crippen molar-refractivity contribution >= 4 is 66.0 Å². The molecule has 0 saturated carbocycles. The number of esters is 5. The largest absolute Gasteiger partial charge is 1.00 e. The summed E-state index contributed by atoms with van der Waals surface area (Å²) in [5, 5.41) is 19.1. The van der Waals surface area contributed by atoms with Gasteiger partial charge >= 0.3 is 67.6 Å². The van der Waals surface area contributed by atoms with Gasteiger partial charge in [-0.1, -0.05) is 6.58 Å². The van der Waals surface area contributed by atoms with E-state index >= 15 is 0 Å². The van der Waals surface area contributed by atoms with Gasteiger partial charge in [-0.2, -0.15) is 31.5 Å². The van der Waals surface area contributed by atoms with Crippen LogP contribution in [0.15, 0.2) is 24.0 Å². The van der Waals surface area contributed by atoms with Crippen LogP contribution in [0.4, 0.5) is 0 Å². The molecule has 0 unspecified atom stereocenters. The summed E-state index contributed by atoms with van der Waals surface area (Å²) in [6.45, 7) is 3.16. The molecule has 0 atom stereocenters. The van der Waals surface area contributed by atoms with E-state index in [1.165, 1.54) is 59.1 Å². The van der Waals surface area contributed by atoms with Crippen molar-refractivity contribution in [3.63, 3.8) is 0 Å². The first-order valence-electron chi connectivity index (χ1n) is 9.63. The molecular formula is C21H34Li2O12S3. The molecule has 1 aliphatic rings. The second-order valence-electron chi connectivity index (χ2n) is 5.30. The van der Waals surface area contributed by atoms with Crippen LogP contribution in [0.3, 0.4) is 0 Å². The number of carbonyl (C=O) groups excluding carboxylic acids is 5. The third-order valence-electron chi connectivity index (χ3n) is 3.10. The van der Waals surface area contributed by atoms with Crippen molar-refractivity contribution in [3.8, 4) is 0 Å². The van der Waals surface area contributed by atoms with Gasteiger partial charge in [0.15, 0.2) is 0 Å². The number of hydrogen-bond donors (Lipinski definition) is 1. The average Bonchev–Trinajstić information content (AvgIpc) is 3.37. The van der Waals surface area contributed by atoms with E-state index in [4.69, 9.17) is 5.11 Å². The van der Waals surface area contributed by atoms with Crippen molar-refractivity contribution in [1.29, 1.82) is 0 Å². The monoisotopic (exact) mass is 588 g/mol. The van der Waals surface area contributed by atoms with Gasteiger partial charge in [0.1, 0.15) is 0 Å². The Hall–Kier alpha value is -1.17. The van der Waals surface area contributed by atoms with Crippen LogP contribution in [0.5, 0.6) is 0 Å². The number of rotatable bonds is 8. The molecule has 210 valence electrons. The SMILES string of the molecule is C=CC(=O)OC.COC(=O)C1=C([O-])CSC1.COC(=O)CCSCC(=O)OC.COC(=O)CS.C[O-].[Li+].[Li+]. The van der Waals surface area contributed by atoms with Gasteiger partial charge in [0.25, 0.3) is 0 Å². The summed E-state index contributed by atoms with van der Waals surface area (Å²) in [6, 6.07) is 0. The van der Waals surface area contributed by atoms with Gasteiger partial charge in [0.05, 0.1) is 53.5 Å². The van der Waals surface area contributed by atoms with Crippen LogP contribution in [-0.2, 0) is 47.7 Å². The minimum absolute atomic E-state index is 0. The zero-order chi connectivity index (χ0) is 28.9. The van der Waals surface area contributed by atoms with E-state index in [9.17, 15) is 29.1 Å². The van der Waals surface area contributed by atoms with Crippen molar-refractivity contribution in [2.24, 2.45) is 0 Å². The van der Waals surface area contributed by atoms with E-state index in [0.29, 0.717) is 29.3 Å². The first kappa shape index (κ1) is 49.7. The van der Waals surface area contributed by atoms with Crippen LogP contribution in [0.2, 0.25) is 0 Å². The minimum atomic E-state index is -0.477. The van der Waals surface area contributed by atoms with Crippen LogP contribution in [0, 0.1) is 0 Å². The molecule has 0 bridgehead atoms. The van der Waals surface area contributed by atoms with Gasteiger partial charge < -0.3 is 33.9 Å². The number of hydrogen-bond acceptors (Lipinski definition) is 15. The number of thioether (sulfide) groups is 2. The maximum Gasteiger partial charge on any atom is 1.00 e. The smallest absolute Gasteiger partial charge is 0.875 e. The maximum atomic E-state index is 10.8. The summed E-state index contributed by atoms with van der Waals surface area (Å²) >= 11 is 6.42. The molecule has 17 heteroatoms. The summed E-state index contributed by atoms with van der Waals surface area (Å²) in [5.41, 5.74) is 0.299. The van der Waals surface area contributed by atoms with Crippen molar-refractivity contribution in [2.45, 2.75) is 6.42 Å². The van der Waals surface area contributed by atoms with Crippen LogP contribution in [0.1, 0.15) is 6.42 Å². The Labute approximate surface area is 262 Å². The molecule has 0 aromatic carbocycles. The molecule has 0 aromatic heterocycles. The quantitative estimate of drug-likeness (QED) is 0.0707. The fraction of sp³-hybridized carbons (Fsp3) is 0.571. The Balaban J connectivity index is -0.0000000896. The summed E-state index contributed by atoms with van der Waals surface area (Å²) in [4.78, 5) is 51.6. The second-order valence-corrected chi connectivity index (χ2v) is 7.71. The van der Waals surface area contributed by atoms with Crippen molar-refractivity contribution in [2.75, 3.05) is 71.4 Å². The van der Waals surface area contributed by atoms with Crippen LogP contribution >= 0.6 is 36.2 Å². The molecule has 1 aliphatic heterocycles. The summed E-state index contributed by atoms with van der Waals surface area (Å²) in [7, 11) is 7.35.